The Balaban J connectivity index is 2.29. The van der Waals surface area contributed by atoms with Crippen molar-refractivity contribution in [1.82, 2.24) is 5.32 Å². The molecule has 0 saturated heterocycles. The highest BCUT2D eigenvalue weighted by atomic mass is 31.2. The Bertz CT molecular complexity index is 754. The number of carbonyl (C=O) groups excluding carboxylic acids is 2. The minimum absolute atomic E-state index is 0.0908. The summed E-state index contributed by atoms with van der Waals surface area (Å²) in [6.45, 7) is 7.85. The molecule has 1 atom stereocenters. The van der Waals surface area contributed by atoms with Crippen LogP contribution in [0.25, 0.3) is 0 Å². The molecular weight excluding hydrogens is 437 g/mol. The van der Waals surface area contributed by atoms with Gasteiger partial charge in [-0.2, -0.15) is 0 Å². The van der Waals surface area contributed by atoms with Gasteiger partial charge in [0.15, 0.2) is 0 Å². The molecule has 0 saturated carbocycles. The van der Waals surface area contributed by atoms with Crippen LogP contribution >= 0.6 is 7.60 Å². The van der Waals surface area contributed by atoms with Crippen molar-refractivity contribution >= 4 is 19.7 Å². The third kappa shape index (κ3) is 12.8. The lowest BCUT2D eigenvalue weighted by Gasteiger charge is -2.17. The molecule has 0 aliphatic carbocycles. The van der Waals surface area contributed by atoms with Gasteiger partial charge in [0.25, 0.3) is 0 Å². The van der Waals surface area contributed by atoms with Gasteiger partial charge < -0.3 is 33.5 Å². The van der Waals surface area contributed by atoms with E-state index in [0.29, 0.717) is 25.3 Å². The summed E-state index contributed by atoms with van der Waals surface area (Å²) in [5.41, 5.74) is 2.34. The maximum absolute atomic E-state index is 11.9. The number of carbonyl (C=O) groups is 2. The van der Waals surface area contributed by atoms with Crippen LogP contribution in [-0.4, -0.2) is 45.1 Å². The number of rotatable bonds is 15. The third-order valence-electron chi connectivity index (χ3n) is 4.34. The summed E-state index contributed by atoms with van der Waals surface area (Å²) >= 11 is 0. The smallest absolute Gasteiger partial charge is 0.407 e. The summed E-state index contributed by atoms with van der Waals surface area (Å²) in [7, 11) is -3.65. The van der Waals surface area contributed by atoms with E-state index in [2.05, 4.69) is 5.32 Å². The Hall–Kier alpha value is -1.93. The lowest BCUT2D eigenvalue weighted by molar-refractivity contribution is -0.196. The second-order valence-electron chi connectivity index (χ2n) is 7.61. The normalized spacial score (nSPS) is 12.8. The maximum Gasteiger partial charge on any atom is 0.407 e. The molecule has 0 radical (unpaired) electrons. The Morgan fingerprint density at radius 3 is 2.34 bits per heavy atom. The van der Waals surface area contributed by atoms with Gasteiger partial charge in [-0.3, -0.25) is 0 Å². The van der Waals surface area contributed by atoms with E-state index in [1.807, 2.05) is 32.9 Å². The van der Waals surface area contributed by atoms with E-state index < -0.39 is 19.7 Å². The van der Waals surface area contributed by atoms with Crippen molar-refractivity contribution in [2.75, 3.05) is 33.0 Å². The molecule has 0 aromatic heterocycles. The van der Waals surface area contributed by atoms with Crippen LogP contribution in [0.5, 0.6) is 5.75 Å². The van der Waals surface area contributed by atoms with Gasteiger partial charge >= 0.3 is 12.1 Å². The number of aryl methyl sites for hydroxylation is 2. The fourth-order valence-electron chi connectivity index (χ4n) is 2.93. The van der Waals surface area contributed by atoms with E-state index in [1.54, 1.807) is 0 Å². The van der Waals surface area contributed by atoms with Crippen molar-refractivity contribution < 1.29 is 37.8 Å². The zero-order valence-corrected chi connectivity index (χ0v) is 20.3. The number of amides is 1. The summed E-state index contributed by atoms with van der Waals surface area (Å²) in [5, 5.41) is 2.69. The predicted octanol–water partition coefficient (Wildman–Crippen LogP) is 3.62. The van der Waals surface area contributed by atoms with E-state index in [9.17, 15) is 19.0 Å². The van der Waals surface area contributed by atoms with Crippen molar-refractivity contribution in [3.8, 4) is 5.75 Å². The summed E-state index contributed by atoms with van der Waals surface area (Å²) in [5.74, 6) is 0.0435. The van der Waals surface area contributed by atoms with Crippen molar-refractivity contribution in [1.29, 1.82) is 0 Å². The van der Waals surface area contributed by atoms with Crippen LogP contribution in [-0.2, 0) is 30.0 Å². The molecule has 1 aromatic carbocycles. The zero-order valence-electron chi connectivity index (χ0n) is 19.4. The average Bonchev–Trinajstić information content (AvgIpc) is 2.70. The summed E-state index contributed by atoms with van der Waals surface area (Å²) < 4.78 is 31.4. The van der Waals surface area contributed by atoms with E-state index in [0.717, 1.165) is 49.0 Å². The molecule has 182 valence electrons. The molecule has 1 rings (SSSR count). The Kier molecular flexibility index (Phi) is 13.2. The quantitative estimate of drug-likeness (QED) is 0.178. The molecule has 0 aliphatic rings. The average molecular weight is 472 g/mol. The van der Waals surface area contributed by atoms with Gasteiger partial charge in [-0.15, -0.1) is 0 Å². The molecule has 0 heterocycles. The SMILES string of the molecule is CCCOCC(=O)Oc1c(C)cc(COC(=O)NCCCCCCOP(C)(=O)[O-])cc1C. The molecule has 9 nitrogen and oxygen atoms in total. The highest BCUT2D eigenvalue weighted by Gasteiger charge is 2.12. The fourth-order valence-corrected chi connectivity index (χ4v) is 3.39. The van der Waals surface area contributed by atoms with Crippen LogP contribution in [0.4, 0.5) is 4.79 Å². The zero-order chi connectivity index (χ0) is 24.0. The highest BCUT2D eigenvalue weighted by molar-refractivity contribution is 7.50. The second kappa shape index (κ2) is 15.0. The van der Waals surface area contributed by atoms with Gasteiger partial charge in [-0.1, -0.05) is 19.8 Å². The molecule has 0 fully saturated rings. The van der Waals surface area contributed by atoms with Gasteiger partial charge in [-0.05, 0) is 61.9 Å². The number of ether oxygens (including phenoxy) is 3. The van der Waals surface area contributed by atoms with E-state index in [-0.39, 0.29) is 19.8 Å². The molecule has 32 heavy (non-hydrogen) atoms. The number of hydrogen-bond acceptors (Lipinski definition) is 8. The summed E-state index contributed by atoms with van der Waals surface area (Å²) in [4.78, 5) is 34.6. The second-order valence-corrected chi connectivity index (χ2v) is 9.41. The Morgan fingerprint density at radius 2 is 1.72 bits per heavy atom. The Morgan fingerprint density at radius 1 is 1.06 bits per heavy atom. The lowest BCUT2D eigenvalue weighted by Crippen LogP contribution is -2.25. The molecule has 1 N–H and O–H groups in total. The molecule has 0 aliphatic heterocycles. The van der Waals surface area contributed by atoms with Crippen LogP contribution in [0.3, 0.4) is 0 Å². The van der Waals surface area contributed by atoms with E-state index in [1.165, 1.54) is 0 Å². The largest absolute Gasteiger partial charge is 0.779 e. The monoisotopic (exact) mass is 472 g/mol. The van der Waals surface area contributed by atoms with Crippen LogP contribution in [0, 0.1) is 13.8 Å². The molecule has 10 heteroatoms. The van der Waals surface area contributed by atoms with Crippen molar-refractivity contribution in [2.24, 2.45) is 0 Å². The number of unbranched alkanes of at least 4 members (excludes halogenated alkanes) is 3. The number of esters is 1. The number of benzene rings is 1. The third-order valence-corrected chi connectivity index (χ3v) is 4.99. The Labute approximate surface area is 190 Å². The molecule has 1 amide bonds. The van der Waals surface area contributed by atoms with Gasteiger partial charge in [0.1, 0.15) is 26.6 Å². The van der Waals surface area contributed by atoms with Crippen molar-refractivity contribution in [3.63, 3.8) is 0 Å². The maximum atomic E-state index is 11.9. The number of alkyl carbamates (subject to hydrolysis) is 1. The summed E-state index contributed by atoms with van der Waals surface area (Å²) in [6.07, 6.45) is 3.40. The highest BCUT2D eigenvalue weighted by Crippen LogP contribution is 2.31. The van der Waals surface area contributed by atoms with Gasteiger partial charge in [-0.25, -0.2) is 9.59 Å². The van der Waals surface area contributed by atoms with Crippen LogP contribution < -0.4 is 14.9 Å². The molecule has 0 spiro atoms. The van der Waals surface area contributed by atoms with E-state index >= 15 is 0 Å². The predicted molar refractivity (Wildman–Crippen MR) is 119 cm³/mol. The number of hydrogen-bond donors (Lipinski definition) is 1. The lowest BCUT2D eigenvalue weighted by atomic mass is 10.1. The first-order chi connectivity index (χ1) is 15.1. The minimum atomic E-state index is -3.65. The first-order valence-electron chi connectivity index (χ1n) is 10.8. The first kappa shape index (κ1) is 28.1. The van der Waals surface area contributed by atoms with Crippen molar-refractivity contribution in [2.45, 2.75) is 59.5 Å². The molecule has 1 unspecified atom stereocenters. The van der Waals surface area contributed by atoms with Crippen LogP contribution in [0.2, 0.25) is 0 Å². The van der Waals surface area contributed by atoms with Crippen LogP contribution in [0.15, 0.2) is 12.1 Å². The van der Waals surface area contributed by atoms with Gasteiger partial charge in [0.05, 0.1) is 6.61 Å². The van der Waals surface area contributed by atoms with Gasteiger partial charge in [0, 0.05) is 19.8 Å². The molecular formula is C22H35NO8P-. The first-order valence-corrected chi connectivity index (χ1v) is 12.8. The summed E-state index contributed by atoms with van der Waals surface area (Å²) in [6, 6.07) is 3.63. The molecule has 1 aromatic rings. The number of nitrogens with one attached hydrogen (secondary N) is 1. The standard InChI is InChI=1S/C22H36NO8P/c1-5-11-28-16-20(24)31-21-17(2)13-19(14-18(21)3)15-29-22(25)23-10-8-6-7-9-12-30-32(4,26)27/h13-14H,5-12,15-16H2,1-4H3,(H,23,25)(H,26,27)/p-1. The van der Waals surface area contributed by atoms with Crippen LogP contribution in [0.1, 0.15) is 55.7 Å². The van der Waals surface area contributed by atoms with E-state index in [4.69, 9.17) is 18.7 Å². The fraction of sp³-hybridized carbons (Fsp3) is 0.636. The topological polar surface area (TPSA) is 123 Å². The van der Waals surface area contributed by atoms with Gasteiger partial charge in [0.2, 0.25) is 0 Å². The molecule has 0 bridgehead atoms. The van der Waals surface area contributed by atoms with Crippen molar-refractivity contribution in [3.05, 3.63) is 28.8 Å². The minimum Gasteiger partial charge on any atom is -0.779 e.